The fraction of sp³-hybridized carbons (Fsp3) is 0.130. The van der Waals surface area contributed by atoms with Crippen LogP contribution in [0.5, 0.6) is 5.75 Å². The molecule has 0 atom stereocenters. The molecular weight excluding hydrogens is 441 g/mol. The zero-order valence-corrected chi connectivity index (χ0v) is 17.4. The number of hydrogen-bond acceptors (Lipinski definition) is 4. The Balaban J connectivity index is 1.55. The highest BCUT2D eigenvalue weighted by molar-refractivity contribution is 7.98. The van der Waals surface area contributed by atoms with E-state index in [0.29, 0.717) is 17.2 Å². The Morgan fingerprint density at radius 3 is 2.34 bits per heavy atom. The van der Waals surface area contributed by atoms with Gasteiger partial charge in [-0.1, -0.05) is 18.2 Å². The summed E-state index contributed by atoms with van der Waals surface area (Å²) in [7, 11) is 0. The van der Waals surface area contributed by atoms with Crippen LogP contribution in [0.15, 0.2) is 77.7 Å². The maximum absolute atomic E-state index is 12.9. The average molecular weight is 458 g/mol. The first kappa shape index (κ1) is 21.8. The zero-order chi connectivity index (χ0) is 22.7. The van der Waals surface area contributed by atoms with E-state index in [4.69, 9.17) is 9.84 Å². The average Bonchev–Trinajstić information content (AvgIpc) is 3.15. The van der Waals surface area contributed by atoms with E-state index in [0.717, 1.165) is 33.6 Å². The molecule has 0 saturated heterocycles. The normalized spacial score (nSPS) is 11.6. The van der Waals surface area contributed by atoms with Gasteiger partial charge in [-0.3, -0.25) is 0 Å². The van der Waals surface area contributed by atoms with Gasteiger partial charge in [-0.05, 0) is 54.6 Å². The maximum atomic E-state index is 12.9. The minimum absolute atomic E-state index is 0.403. The summed E-state index contributed by atoms with van der Waals surface area (Å²) < 4.78 is 45.4. The topological polar surface area (TPSA) is 64.3 Å². The van der Waals surface area contributed by atoms with E-state index in [1.807, 2.05) is 36.4 Å². The van der Waals surface area contributed by atoms with E-state index in [9.17, 15) is 18.0 Å². The van der Waals surface area contributed by atoms with Gasteiger partial charge >= 0.3 is 12.1 Å². The number of nitrogens with zero attached hydrogens (tertiary/aromatic N) is 2. The van der Waals surface area contributed by atoms with Crippen LogP contribution in [-0.4, -0.2) is 27.5 Å². The zero-order valence-electron chi connectivity index (χ0n) is 16.5. The molecule has 0 radical (unpaired) electrons. The maximum Gasteiger partial charge on any atom is 0.416 e. The molecule has 164 valence electrons. The Hall–Kier alpha value is -3.46. The van der Waals surface area contributed by atoms with E-state index < -0.39 is 24.3 Å². The van der Waals surface area contributed by atoms with Crippen molar-refractivity contribution in [1.82, 2.24) is 9.78 Å². The van der Waals surface area contributed by atoms with Crippen molar-refractivity contribution < 1.29 is 27.8 Å². The van der Waals surface area contributed by atoms with E-state index in [1.165, 1.54) is 23.9 Å². The first-order valence-corrected chi connectivity index (χ1v) is 10.5. The summed E-state index contributed by atoms with van der Waals surface area (Å²) >= 11 is 1.54. The lowest BCUT2D eigenvalue weighted by Crippen LogP contribution is -2.09. The van der Waals surface area contributed by atoms with Crippen molar-refractivity contribution >= 4 is 28.6 Å². The van der Waals surface area contributed by atoms with Gasteiger partial charge in [-0.2, -0.15) is 18.3 Å². The number of carboxylic acid groups (broad SMARTS) is 1. The third-order valence-electron chi connectivity index (χ3n) is 4.66. The van der Waals surface area contributed by atoms with E-state index in [-0.39, 0.29) is 0 Å². The van der Waals surface area contributed by atoms with Gasteiger partial charge in [0.25, 0.3) is 0 Å². The second-order valence-corrected chi connectivity index (χ2v) is 7.91. The second-order valence-electron chi connectivity index (χ2n) is 6.86. The van der Waals surface area contributed by atoms with Crippen LogP contribution in [0.2, 0.25) is 0 Å². The first-order chi connectivity index (χ1) is 15.3. The molecule has 0 aliphatic heterocycles. The van der Waals surface area contributed by atoms with Gasteiger partial charge in [0.15, 0.2) is 6.61 Å². The number of ether oxygens (including phenoxy) is 1. The van der Waals surface area contributed by atoms with Crippen LogP contribution in [0.3, 0.4) is 0 Å². The van der Waals surface area contributed by atoms with Gasteiger partial charge in [-0.15, -0.1) is 11.8 Å². The number of para-hydroxylation sites is 1. The third-order valence-corrected chi connectivity index (χ3v) is 5.69. The summed E-state index contributed by atoms with van der Waals surface area (Å²) in [5.41, 5.74) is 1.45. The lowest BCUT2D eigenvalue weighted by Gasteiger charge is -2.08. The summed E-state index contributed by atoms with van der Waals surface area (Å²) in [4.78, 5) is 11.5. The number of thioether (sulfide) groups is 1. The Morgan fingerprint density at radius 2 is 1.69 bits per heavy atom. The molecule has 3 aromatic carbocycles. The van der Waals surface area contributed by atoms with Crippen molar-refractivity contribution in [3.05, 3.63) is 84.1 Å². The number of rotatable bonds is 7. The number of halogens is 3. The molecule has 0 aliphatic carbocycles. The summed E-state index contributed by atoms with van der Waals surface area (Å²) in [5.74, 6) is -0.0310. The van der Waals surface area contributed by atoms with Crippen LogP contribution >= 0.6 is 11.8 Å². The molecule has 0 saturated carbocycles. The van der Waals surface area contributed by atoms with Gasteiger partial charge in [0.05, 0.1) is 22.5 Å². The predicted octanol–water partition coefficient (Wildman–Crippen LogP) is 5.80. The number of aliphatic carboxylic acids is 1. The first-order valence-electron chi connectivity index (χ1n) is 9.53. The molecule has 32 heavy (non-hydrogen) atoms. The molecule has 5 nitrogen and oxygen atoms in total. The fourth-order valence-electron chi connectivity index (χ4n) is 3.15. The molecule has 4 rings (SSSR count). The fourth-order valence-corrected chi connectivity index (χ4v) is 4.00. The molecule has 0 amide bonds. The van der Waals surface area contributed by atoms with E-state index in [1.54, 1.807) is 16.8 Å². The molecule has 0 aliphatic rings. The summed E-state index contributed by atoms with van der Waals surface area (Å²) in [6, 6.07) is 19.5. The second kappa shape index (κ2) is 8.96. The highest BCUT2D eigenvalue weighted by atomic mass is 32.2. The number of carboxylic acids is 1. The number of carbonyl (C=O) groups is 1. The number of fused-ring (bicyclic) bond motifs is 1. The van der Waals surface area contributed by atoms with Crippen molar-refractivity contribution in [2.75, 3.05) is 6.61 Å². The number of alkyl halides is 3. The highest BCUT2D eigenvalue weighted by Crippen LogP contribution is 2.32. The quantitative estimate of drug-likeness (QED) is 0.355. The van der Waals surface area contributed by atoms with E-state index >= 15 is 0 Å². The van der Waals surface area contributed by atoms with Crippen LogP contribution in [0.4, 0.5) is 13.2 Å². The van der Waals surface area contributed by atoms with Crippen molar-refractivity contribution in [3.8, 4) is 11.4 Å². The molecule has 0 fully saturated rings. The minimum Gasteiger partial charge on any atom is -0.482 e. The molecule has 0 spiro atoms. The smallest absolute Gasteiger partial charge is 0.416 e. The molecule has 9 heteroatoms. The molecule has 0 unspecified atom stereocenters. The van der Waals surface area contributed by atoms with E-state index in [2.05, 4.69) is 5.10 Å². The van der Waals surface area contributed by atoms with Crippen LogP contribution in [0.1, 0.15) is 11.3 Å². The van der Waals surface area contributed by atoms with Crippen molar-refractivity contribution in [1.29, 1.82) is 0 Å². The number of aromatic nitrogens is 2. The Kier molecular flexibility index (Phi) is 6.09. The lowest BCUT2D eigenvalue weighted by molar-refractivity contribution is -0.139. The van der Waals surface area contributed by atoms with Gasteiger partial charge < -0.3 is 9.84 Å². The Bertz CT molecular complexity index is 1240. The lowest BCUT2D eigenvalue weighted by atomic mass is 10.2. The Labute approximate surface area is 185 Å². The number of benzene rings is 3. The standard InChI is InChI=1S/C23H17F3N2O3S/c24-23(25,26)15-5-7-16(8-6-15)28-21-4-2-1-3-19(21)20(27-28)14-32-18-11-9-17(10-12-18)31-13-22(29)30/h1-12H,13-14H2,(H,29,30). The Morgan fingerprint density at radius 1 is 1.00 bits per heavy atom. The molecule has 4 aromatic rings. The van der Waals surface area contributed by atoms with Crippen LogP contribution < -0.4 is 4.74 Å². The molecular formula is C23H17F3N2O3S. The van der Waals surface area contributed by atoms with Gasteiger partial charge in [0, 0.05) is 16.0 Å². The minimum atomic E-state index is -4.39. The van der Waals surface area contributed by atoms with Gasteiger partial charge in [-0.25, -0.2) is 9.48 Å². The molecule has 1 N–H and O–H groups in total. The van der Waals surface area contributed by atoms with Crippen molar-refractivity contribution in [3.63, 3.8) is 0 Å². The highest BCUT2D eigenvalue weighted by Gasteiger charge is 2.30. The molecule has 1 aromatic heterocycles. The summed E-state index contributed by atoms with van der Waals surface area (Å²) in [5, 5.41) is 14.2. The molecule has 1 heterocycles. The van der Waals surface area contributed by atoms with Crippen LogP contribution in [-0.2, 0) is 16.7 Å². The van der Waals surface area contributed by atoms with Crippen molar-refractivity contribution in [2.24, 2.45) is 0 Å². The largest absolute Gasteiger partial charge is 0.482 e. The van der Waals surface area contributed by atoms with Crippen LogP contribution in [0, 0.1) is 0 Å². The van der Waals surface area contributed by atoms with Gasteiger partial charge in [0.2, 0.25) is 0 Å². The number of hydrogen-bond donors (Lipinski definition) is 1. The summed E-state index contributed by atoms with van der Waals surface area (Å²) in [6.45, 7) is -0.403. The van der Waals surface area contributed by atoms with Crippen LogP contribution in [0.25, 0.3) is 16.6 Å². The monoisotopic (exact) mass is 458 g/mol. The summed E-state index contributed by atoms with van der Waals surface area (Å²) in [6.07, 6.45) is -4.39. The molecule has 0 bridgehead atoms. The van der Waals surface area contributed by atoms with Crippen molar-refractivity contribution in [2.45, 2.75) is 16.8 Å². The van der Waals surface area contributed by atoms with Gasteiger partial charge in [0.1, 0.15) is 5.75 Å². The predicted molar refractivity (Wildman–Crippen MR) is 115 cm³/mol. The SMILES string of the molecule is O=C(O)COc1ccc(SCc2nn(-c3ccc(C(F)(F)F)cc3)c3ccccc23)cc1. The third kappa shape index (κ3) is 4.88.